The van der Waals surface area contributed by atoms with Crippen molar-refractivity contribution >= 4 is 33.6 Å². The summed E-state index contributed by atoms with van der Waals surface area (Å²) in [6.45, 7) is 4.83. The fraction of sp³-hybridized carbons (Fsp3) is 0.238. The van der Waals surface area contributed by atoms with E-state index in [0.717, 1.165) is 40.1 Å². The zero-order valence-corrected chi connectivity index (χ0v) is 15.0. The molecule has 0 fully saturated rings. The van der Waals surface area contributed by atoms with Crippen LogP contribution in [0.25, 0.3) is 22.0 Å². The molecule has 0 saturated heterocycles. The summed E-state index contributed by atoms with van der Waals surface area (Å²) in [7, 11) is 0. The first-order chi connectivity index (χ1) is 12.7. The van der Waals surface area contributed by atoms with Gasteiger partial charge in [-0.15, -0.1) is 0 Å². The summed E-state index contributed by atoms with van der Waals surface area (Å²) < 4.78 is 7.87. The standard InChI is InChI=1S/C21H21N3O2/c1-3-24-18-10-5-4-8-16(18)22-19(24)11-12-20(25)23-17-9-6-7-15-13-14(2)26-21(15)17/h4-10,13H,3,11-12H2,1-2H3,(H,23,25). The Morgan fingerprint density at radius 1 is 1.19 bits per heavy atom. The number of carbonyl (C=O) groups excluding carboxylic acids is 1. The van der Waals surface area contributed by atoms with Crippen LogP contribution < -0.4 is 5.32 Å². The molecule has 0 saturated carbocycles. The molecule has 4 aromatic rings. The molecule has 0 spiro atoms. The van der Waals surface area contributed by atoms with Gasteiger partial charge in [-0.2, -0.15) is 0 Å². The molecule has 1 amide bonds. The van der Waals surface area contributed by atoms with Crippen molar-refractivity contribution in [2.75, 3.05) is 5.32 Å². The number of aryl methyl sites for hydroxylation is 3. The summed E-state index contributed by atoms with van der Waals surface area (Å²) in [5.41, 5.74) is 3.52. The lowest BCUT2D eigenvalue weighted by molar-refractivity contribution is -0.116. The van der Waals surface area contributed by atoms with Crippen molar-refractivity contribution in [3.8, 4) is 0 Å². The second-order valence-electron chi connectivity index (χ2n) is 6.39. The van der Waals surface area contributed by atoms with Gasteiger partial charge in [-0.1, -0.05) is 24.3 Å². The number of nitrogens with one attached hydrogen (secondary N) is 1. The first-order valence-corrected chi connectivity index (χ1v) is 8.89. The van der Waals surface area contributed by atoms with Gasteiger partial charge in [0.1, 0.15) is 11.6 Å². The third kappa shape index (κ3) is 2.96. The summed E-state index contributed by atoms with van der Waals surface area (Å²) in [6, 6.07) is 15.8. The van der Waals surface area contributed by atoms with Gasteiger partial charge >= 0.3 is 0 Å². The summed E-state index contributed by atoms with van der Waals surface area (Å²) in [6.07, 6.45) is 0.973. The first-order valence-electron chi connectivity index (χ1n) is 8.89. The van der Waals surface area contributed by atoms with E-state index in [0.29, 0.717) is 18.5 Å². The molecule has 2 aromatic heterocycles. The van der Waals surface area contributed by atoms with E-state index in [1.807, 2.05) is 49.4 Å². The van der Waals surface area contributed by atoms with Crippen molar-refractivity contribution in [2.45, 2.75) is 33.2 Å². The molecule has 0 aliphatic carbocycles. The summed E-state index contributed by atoms with van der Waals surface area (Å²) >= 11 is 0. The molecule has 5 nitrogen and oxygen atoms in total. The molecule has 2 heterocycles. The molecule has 1 N–H and O–H groups in total. The lowest BCUT2D eigenvalue weighted by atomic mass is 10.2. The van der Waals surface area contributed by atoms with Crippen LogP contribution in [0.15, 0.2) is 52.9 Å². The predicted octanol–water partition coefficient (Wildman–Crippen LogP) is 4.68. The van der Waals surface area contributed by atoms with Crippen LogP contribution in [-0.2, 0) is 17.8 Å². The molecule has 4 rings (SSSR count). The SMILES string of the molecule is CCn1c(CCC(=O)Nc2cccc3cc(C)oc23)nc2ccccc21. The highest BCUT2D eigenvalue weighted by Gasteiger charge is 2.13. The molecule has 0 unspecified atom stereocenters. The number of furan rings is 1. The van der Waals surface area contributed by atoms with Crippen LogP contribution in [0.5, 0.6) is 0 Å². The Morgan fingerprint density at radius 2 is 2.04 bits per heavy atom. The highest BCUT2D eigenvalue weighted by atomic mass is 16.3. The second kappa shape index (κ2) is 6.67. The zero-order valence-electron chi connectivity index (χ0n) is 15.0. The number of rotatable bonds is 5. The quantitative estimate of drug-likeness (QED) is 0.570. The van der Waals surface area contributed by atoms with E-state index in [2.05, 4.69) is 27.9 Å². The van der Waals surface area contributed by atoms with Crippen molar-refractivity contribution in [1.29, 1.82) is 0 Å². The molecular weight excluding hydrogens is 326 g/mol. The maximum Gasteiger partial charge on any atom is 0.224 e. The zero-order chi connectivity index (χ0) is 18.1. The van der Waals surface area contributed by atoms with Crippen LogP contribution in [0.3, 0.4) is 0 Å². The Morgan fingerprint density at radius 3 is 2.88 bits per heavy atom. The Kier molecular flexibility index (Phi) is 4.21. The normalized spacial score (nSPS) is 11.3. The monoisotopic (exact) mass is 347 g/mol. The molecule has 2 aromatic carbocycles. The third-order valence-electron chi connectivity index (χ3n) is 4.57. The van der Waals surface area contributed by atoms with E-state index < -0.39 is 0 Å². The fourth-order valence-corrected chi connectivity index (χ4v) is 3.40. The van der Waals surface area contributed by atoms with Crippen LogP contribution in [0.1, 0.15) is 24.9 Å². The average Bonchev–Trinajstić information content (AvgIpc) is 3.19. The Bertz CT molecular complexity index is 1090. The first kappa shape index (κ1) is 16.4. The minimum atomic E-state index is -0.0405. The number of fused-ring (bicyclic) bond motifs is 2. The number of benzene rings is 2. The van der Waals surface area contributed by atoms with Gasteiger partial charge in [0.25, 0.3) is 0 Å². The van der Waals surface area contributed by atoms with Gasteiger partial charge < -0.3 is 14.3 Å². The van der Waals surface area contributed by atoms with Crippen LogP contribution in [0, 0.1) is 6.92 Å². The van der Waals surface area contributed by atoms with Crippen molar-refractivity contribution in [1.82, 2.24) is 9.55 Å². The minimum Gasteiger partial charge on any atom is -0.459 e. The number of amides is 1. The second-order valence-corrected chi connectivity index (χ2v) is 6.39. The highest BCUT2D eigenvalue weighted by Crippen LogP contribution is 2.26. The van der Waals surface area contributed by atoms with E-state index in [1.165, 1.54) is 0 Å². The number of anilines is 1. The molecule has 0 bridgehead atoms. The lowest BCUT2D eigenvalue weighted by Gasteiger charge is -2.07. The fourth-order valence-electron chi connectivity index (χ4n) is 3.40. The van der Waals surface area contributed by atoms with Crippen LogP contribution in [-0.4, -0.2) is 15.5 Å². The molecule has 132 valence electrons. The van der Waals surface area contributed by atoms with E-state index in [9.17, 15) is 4.79 Å². The Hall–Kier alpha value is -3.08. The van der Waals surface area contributed by atoms with Crippen molar-refractivity contribution in [3.63, 3.8) is 0 Å². The number of imidazole rings is 1. The van der Waals surface area contributed by atoms with Crippen molar-refractivity contribution in [2.24, 2.45) is 0 Å². The van der Waals surface area contributed by atoms with Crippen LogP contribution >= 0.6 is 0 Å². The van der Waals surface area contributed by atoms with Gasteiger partial charge in [-0.05, 0) is 38.1 Å². The van der Waals surface area contributed by atoms with E-state index in [4.69, 9.17) is 4.42 Å². The Balaban J connectivity index is 1.50. The number of para-hydroxylation sites is 3. The average molecular weight is 347 g/mol. The topological polar surface area (TPSA) is 60.1 Å². The highest BCUT2D eigenvalue weighted by molar-refractivity contribution is 5.99. The number of aromatic nitrogens is 2. The molecular formula is C21H21N3O2. The van der Waals surface area contributed by atoms with Crippen molar-refractivity contribution in [3.05, 3.63) is 60.1 Å². The minimum absolute atomic E-state index is 0.0405. The Labute approximate surface area is 151 Å². The number of nitrogens with zero attached hydrogens (tertiary/aromatic N) is 2. The van der Waals surface area contributed by atoms with Crippen molar-refractivity contribution < 1.29 is 9.21 Å². The summed E-state index contributed by atoms with van der Waals surface area (Å²) in [4.78, 5) is 17.1. The molecule has 26 heavy (non-hydrogen) atoms. The molecule has 0 aliphatic rings. The van der Waals surface area contributed by atoms with Crippen LogP contribution in [0.2, 0.25) is 0 Å². The number of hydrogen-bond donors (Lipinski definition) is 1. The van der Waals surface area contributed by atoms with Gasteiger partial charge in [0.15, 0.2) is 5.58 Å². The smallest absolute Gasteiger partial charge is 0.224 e. The van der Waals surface area contributed by atoms with Gasteiger partial charge in [0, 0.05) is 24.8 Å². The maximum atomic E-state index is 12.5. The summed E-state index contributed by atoms with van der Waals surface area (Å²) in [5.74, 6) is 1.73. The largest absolute Gasteiger partial charge is 0.459 e. The van der Waals surface area contributed by atoms with E-state index >= 15 is 0 Å². The lowest BCUT2D eigenvalue weighted by Crippen LogP contribution is -2.14. The van der Waals surface area contributed by atoms with Gasteiger partial charge in [-0.3, -0.25) is 4.79 Å². The number of hydrogen-bond acceptors (Lipinski definition) is 3. The van der Waals surface area contributed by atoms with E-state index in [-0.39, 0.29) is 5.91 Å². The van der Waals surface area contributed by atoms with Gasteiger partial charge in [-0.25, -0.2) is 4.98 Å². The van der Waals surface area contributed by atoms with Gasteiger partial charge in [0.05, 0.1) is 16.7 Å². The predicted molar refractivity (Wildman–Crippen MR) is 103 cm³/mol. The number of carbonyl (C=O) groups is 1. The third-order valence-corrected chi connectivity index (χ3v) is 4.57. The van der Waals surface area contributed by atoms with Crippen LogP contribution in [0.4, 0.5) is 5.69 Å². The molecule has 5 heteroatoms. The van der Waals surface area contributed by atoms with E-state index in [1.54, 1.807) is 0 Å². The maximum absolute atomic E-state index is 12.5. The molecule has 0 radical (unpaired) electrons. The van der Waals surface area contributed by atoms with Gasteiger partial charge in [0.2, 0.25) is 5.91 Å². The summed E-state index contributed by atoms with van der Waals surface area (Å²) in [5, 5.41) is 3.96. The molecule has 0 atom stereocenters. The molecule has 0 aliphatic heterocycles.